The number of pyridine rings is 1. The van der Waals surface area contributed by atoms with Gasteiger partial charge < -0.3 is 24.3 Å². The van der Waals surface area contributed by atoms with E-state index in [9.17, 15) is 5.11 Å². The second kappa shape index (κ2) is 8.16. The van der Waals surface area contributed by atoms with Gasteiger partial charge in [0, 0.05) is 17.6 Å². The van der Waals surface area contributed by atoms with Gasteiger partial charge in [-0.25, -0.2) is 0 Å². The van der Waals surface area contributed by atoms with Crippen molar-refractivity contribution in [2.75, 3.05) is 0 Å². The summed E-state index contributed by atoms with van der Waals surface area (Å²) in [5, 5.41) is 14.6. The summed E-state index contributed by atoms with van der Waals surface area (Å²) in [6.45, 7) is 4.68. The number of aryl methyl sites for hydroxylation is 1. The molecule has 1 aliphatic heterocycles. The molecule has 32 heavy (non-hydrogen) atoms. The van der Waals surface area contributed by atoms with E-state index in [1.54, 1.807) is 18.5 Å². The third-order valence-electron chi connectivity index (χ3n) is 6.02. The minimum absolute atomic E-state index is 0.0895. The largest absolute Gasteiger partial charge is 0.506 e. The maximum atomic E-state index is 10.5. The summed E-state index contributed by atoms with van der Waals surface area (Å²) in [6.07, 6.45) is 3.48. The van der Waals surface area contributed by atoms with Crippen molar-refractivity contribution in [3.8, 4) is 11.4 Å². The molecule has 0 saturated carbocycles. The Bertz CT molecular complexity index is 1250. The van der Waals surface area contributed by atoms with E-state index >= 15 is 0 Å². The van der Waals surface area contributed by atoms with Gasteiger partial charge in [0.25, 0.3) is 0 Å². The zero-order valence-corrected chi connectivity index (χ0v) is 18.7. The van der Waals surface area contributed by atoms with Crippen LogP contribution in [0, 0.1) is 13.8 Å². The van der Waals surface area contributed by atoms with Gasteiger partial charge in [-0.3, -0.25) is 4.98 Å². The first kappa shape index (κ1) is 20.3. The predicted octanol–water partition coefficient (Wildman–Crippen LogP) is 4.96. The van der Waals surface area contributed by atoms with E-state index in [-0.39, 0.29) is 17.8 Å². The Balaban J connectivity index is 1.64. The first-order chi connectivity index (χ1) is 15.5. The highest BCUT2D eigenvalue weighted by atomic mass is 32.1. The second-order valence-electron chi connectivity index (χ2n) is 7.98. The van der Waals surface area contributed by atoms with Crippen molar-refractivity contribution in [3.63, 3.8) is 0 Å². The number of benzene rings is 1. The average molecular weight is 445 g/mol. The number of para-hydroxylation sites is 2. The lowest BCUT2D eigenvalue weighted by atomic mass is 9.96. The van der Waals surface area contributed by atoms with Gasteiger partial charge in [0.05, 0.1) is 36.3 Å². The number of rotatable bonds is 5. The third kappa shape index (κ3) is 3.44. The highest BCUT2D eigenvalue weighted by molar-refractivity contribution is 7.80. The molecule has 0 radical (unpaired) electrons. The van der Waals surface area contributed by atoms with E-state index in [4.69, 9.17) is 16.6 Å². The van der Waals surface area contributed by atoms with Crippen molar-refractivity contribution < 1.29 is 9.52 Å². The summed E-state index contributed by atoms with van der Waals surface area (Å²) in [7, 11) is 0. The Morgan fingerprint density at radius 1 is 1.09 bits per heavy atom. The minimum atomic E-state index is -0.114. The molecule has 0 aliphatic carbocycles. The van der Waals surface area contributed by atoms with Crippen molar-refractivity contribution in [3.05, 3.63) is 102 Å². The molecule has 6 nitrogen and oxygen atoms in total. The van der Waals surface area contributed by atoms with Crippen molar-refractivity contribution >= 4 is 17.3 Å². The van der Waals surface area contributed by atoms with Crippen LogP contribution >= 0.6 is 12.2 Å². The maximum absolute atomic E-state index is 10.5. The molecule has 5 rings (SSSR count). The van der Waals surface area contributed by atoms with Crippen LogP contribution in [0.4, 0.5) is 0 Å². The smallest absolute Gasteiger partial charge is 0.170 e. The molecule has 7 heteroatoms. The zero-order valence-electron chi connectivity index (χ0n) is 17.9. The molecule has 3 aromatic heterocycles. The standard InChI is InChI=1S/C25H24N4O2S/c1-16-14-19(17(2)29(16)21-10-3-4-11-22(21)30)24-23(20-9-5-6-12-26-20)27-25(32)28(24)15-18-8-7-13-31-18/h3-14,23-24,30H,15H2,1-2H3,(H,27,32). The Morgan fingerprint density at radius 2 is 1.91 bits per heavy atom. The molecule has 1 aromatic carbocycles. The molecule has 1 fully saturated rings. The van der Waals surface area contributed by atoms with Crippen molar-refractivity contribution in [1.82, 2.24) is 19.8 Å². The first-order valence-corrected chi connectivity index (χ1v) is 10.9. The van der Waals surface area contributed by atoms with E-state index in [2.05, 4.69) is 39.7 Å². The van der Waals surface area contributed by atoms with Crippen molar-refractivity contribution in [1.29, 1.82) is 0 Å². The number of aromatic hydroxyl groups is 1. The van der Waals surface area contributed by atoms with Crippen LogP contribution in [0.5, 0.6) is 5.75 Å². The van der Waals surface area contributed by atoms with Gasteiger partial charge in [0.2, 0.25) is 0 Å². The molecule has 1 aliphatic rings. The van der Waals surface area contributed by atoms with Crippen LogP contribution in [-0.2, 0) is 6.54 Å². The molecule has 2 atom stereocenters. The average Bonchev–Trinajstić information content (AvgIpc) is 3.49. The van der Waals surface area contributed by atoms with Gasteiger partial charge in [-0.2, -0.15) is 0 Å². The van der Waals surface area contributed by atoms with Gasteiger partial charge in [-0.05, 0) is 74.1 Å². The van der Waals surface area contributed by atoms with Crippen LogP contribution < -0.4 is 5.32 Å². The van der Waals surface area contributed by atoms with Gasteiger partial charge in [-0.1, -0.05) is 18.2 Å². The van der Waals surface area contributed by atoms with Crippen LogP contribution in [0.2, 0.25) is 0 Å². The summed E-state index contributed by atoms with van der Waals surface area (Å²) in [6, 6.07) is 19.1. The molecule has 4 aromatic rings. The SMILES string of the molecule is Cc1cc(C2C(c3ccccn3)NC(=S)N2Cc2ccco2)c(C)n1-c1ccccc1O. The summed E-state index contributed by atoms with van der Waals surface area (Å²) < 4.78 is 7.72. The number of hydrogen-bond donors (Lipinski definition) is 2. The lowest BCUT2D eigenvalue weighted by Crippen LogP contribution is -2.29. The highest BCUT2D eigenvalue weighted by Gasteiger charge is 2.41. The third-order valence-corrected chi connectivity index (χ3v) is 6.37. The van der Waals surface area contributed by atoms with E-state index < -0.39 is 0 Å². The normalized spacial score (nSPS) is 18.2. The topological polar surface area (TPSA) is 66.5 Å². The van der Waals surface area contributed by atoms with E-state index in [0.29, 0.717) is 11.7 Å². The summed E-state index contributed by atoms with van der Waals surface area (Å²) in [5.41, 5.74) is 4.89. The van der Waals surface area contributed by atoms with E-state index in [1.165, 1.54) is 0 Å². The summed E-state index contributed by atoms with van der Waals surface area (Å²) in [5.74, 6) is 1.09. The molecule has 2 unspecified atom stereocenters. The second-order valence-corrected chi connectivity index (χ2v) is 8.37. The van der Waals surface area contributed by atoms with Crippen LogP contribution in [0.25, 0.3) is 5.69 Å². The van der Waals surface area contributed by atoms with Gasteiger partial charge in [0.15, 0.2) is 5.11 Å². The van der Waals surface area contributed by atoms with E-state index in [0.717, 1.165) is 34.1 Å². The molecule has 2 N–H and O–H groups in total. The Hall–Kier alpha value is -3.58. The molecule has 4 heterocycles. The Morgan fingerprint density at radius 3 is 2.62 bits per heavy atom. The number of nitrogens with zero attached hydrogens (tertiary/aromatic N) is 3. The number of aromatic nitrogens is 2. The fourth-order valence-corrected chi connectivity index (χ4v) is 4.90. The van der Waals surface area contributed by atoms with E-state index in [1.807, 2.05) is 48.5 Å². The summed E-state index contributed by atoms with van der Waals surface area (Å²) in [4.78, 5) is 6.77. The molecule has 1 saturated heterocycles. The first-order valence-electron chi connectivity index (χ1n) is 10.5. The summed E-state index contributed by atoms with van der Waals surface area (Å²) >= 11 is 5.76. The fraction of sp³-hybridized carbons (Fsp3) is 0.200. The molecular weight excluding hydrogens is 420 g/mol. The van der Waals surface area contributed by atoms with Gasteiger partial charge in [0.1, 0.15) is 11.5 Å². The minimum Gasteiger partial charge on any atom is -0.506 e. The Labute approximate surface area is 192 Å². The van der Waals surface area contributed by atoms with Crippen LogP contribution in [0.15, 0.2) is 77.5 Å². The van der Waals surface area contributed by atoms with Gasteiger partial charge in [-0.15, -0.1) is 0 Å². The van der Waals surface area contributed by atoms with Crippen LogP contribution in [-0.4, -0.2) is 24.7 Å². The molecule has 0 spiro atoms. The van der Waals surface area contributed by atoms with Gasteiger partial charge >= 0.3 is 0 Å². The number of thiocarbonyl (C=S) groups is 1. The number of hydrogen-bond acceptors (Lipinski definition) is 4. The lowest BCUT2D eigenvalue weighted by Gasteiger charge is -2.27. The maximum Gasteiger partial charge on any atom is 0.170 e. The lowest BCUT2D eigenvalue weighted by molar-refractivity contribution is 0.286. The Kier molecular flexibility index (Phi) is 5.19. The number of furan rings is 1. The quantitative estimate of drug-likeness (QED) is 0.424. The van der Waals surface area contributed by atoms with Crippen LogP contribution in [0.3, 0.4) is 0 Å². The zero-order chi connectivity index (χ0) is 22.2. The number of phenolic OH excluding ortho intramolecular Hbond substituents is 1. The predicted molar refractivity (Wildman–Crippen MR) is 127 cm³/mol. The monoisotopic (exact) mass is 444 g/mol. The fourth-order valence-electron chi connectivity index (χ4n) is 4.60. The molecule has 0 bridgehead atoms. The highest BCUT2D eigenvalue weighted by Crippen LogP contribution is 2.42. The number of nitrogens with one attached hydrogen (secondary N) is 1. The van der Waals surface area contributed by atoms with Crippen molar-refractivity contribution in [2.24, 2.45) is 0 Å². The molecular formula is C25H24N4O2S. The van der Waals surface area contributed by atoms with Crippen LogP contribution in [0.1, 0.15) is 40.5 Å². The molecule has 162 valence electrons. The number of phenols is 1. The molecule has 0 amide bonds. The van der Waals surface area contributed by atoms with Crippen molar-refractivity contribution in [2.45, 2.75) is 32.5 Å².